The predicted octanol–water partition coefficient (Wildman–Crippen LogP) is 3.07. The first-order chi connectivity index (χ1) is 15.1. The van der Waals surface area contributed by atoms with E-state index in [2.05, 4.69) is 4.98 Å². The van der Waals surface area contributed by atoms with Crippen LogP contribution >= 0.6 is 0 Å². The van der Waals surface area contributed by atoms with Gasteiger partial charge in [0.25, 0.3) is 0 Å². The molecule has 162 valence electrons. The van der Waals surface area contributed by atoms with Gasteiger partial charge < -0.3 is 29.2 Å². The number of aliphatic hydroxyl groups is 1. The van der Waals surface area contributed by atoms with Crippen molar-refractivity contribution in [2.24, 2.45) is 0 Å². The molecule has 2 aliphatic heterocycles. The van der Waals surface area contributed by atoms with Crippen LogP contribution in [0.5, 0.6) is 11.5 Å². The van der Waals surface area contributed by atoms with E-state index < -0.39 is 17.6 Å². The van der Waals surface area contributed by atoms with Gasteiger partial charge in [-0.05, 0) is 25.0 Å². The SMILES string of the molecule is COc1cc(OC)cc(N2C(=N)C(c3nc4ccccc4[nH]3)C(O)C23CCCOC3)c1. The molecule has 1 spiro atoms. The molecule has 3 unspecified atom stereocenters. The van der Waals surface area contributed by atoms with Gasteiger partial charge in [0, 0.05) is 24.8 Å². The van der Waals surface area contributed by atoms with Crippen molar-refractivity contribution in [1.29, 1.82) is 5.41 Å². The first-order valence-electron chi connectivity index (χ1n) is 10.4. The number of rotatable bonds is 4. The Hall–Kier alpha value is -3.10. The zero-order chi connectivity index (χ0) is 21.6. The number of nitrogens with one attached hydrogen (secondary N) is 2. The number of hydrogen-bond donors (Lipinski definition) is 3. The lowest BCUT2D eigenvalue weighted by molar-refractivity contribution is -0.0195. The highest BCUT2D eigenvalue weighted by atomic mass is 16.5. The van der Waals surface area contributed by atoms with E-state index in [1.807, 2.05) is 41.3 Å². The van der Waals surface area contributed by atoms with Crippen LogP contribution in [0.1, 0.15) is 24.6 Å². The number of H-pyrrole nitrogens is 1. The van der Waals surface area contributed by atoms with E-state index in [-0.39, 0.29) is 5.84 Å². The number of hydrogen-bond acceptors (Lipinski definition) is 6. The van der Waals surface area contributed by atoms with Crippen molar-refractivity contribution in [3.8, 4) is 11.5 Å². The predicted molar refractivity (Wildman–Crippen MR) is 117 cm³/mol. The van der Waals surface area contributed by atoms with E-state index in [4.69, 9.17) is 24.6 Å². The Balaban J connectivity index is 1.65. The molecule has 3 N–H and O–H groups in total. The molecule has 3 aromatic rings. The van der Waals surface area contributed by atoms with Gasteiger partial charge >= 0.3 is 0 Å². The smallest absolute Gasteiger partial charge is 0.124 e. The summed E-state index contributed by atoms with van der Waals surface area (Å²) in [6.07, 6.45) is 0.639. The molecule has 3 atom stereocenters. The molecule has 2 saturated heterocycles. The third kappa shape index (κ3) is 3.05. The maximum absolute atomic E-state index is 11.6. The summed E-state index contributed by atoms with van der Waals surface area (Å²) in [6, 6.07) is 13.2. The molecule has 0 saturated carbocycles. The van der Waals surface area contributed by atoms with Crippen molar-refractivity contribution in [2.45, 2.75) is 30.4 Å². The molecule has 0 bridgehead atoms. The molecule has 2 aliphatic rings. The van der Waals surface area contributed by atoms with E-state index >= 15 is 0 Å². The van der Waals surface area contributed by atoms with Crippen LogP contribution in [0.3, 0.4) is 0 Å². The monoisotopic (exact) mass is 422 g/mol. The van der Waals surface area contributed by atoms with Gasteiger partial charge in [-0.1, -0.05) is 12.1 Å². The molecule has 2 fully saturated rings. The minimum absolute atomic E-state index is 0.271. The molecular formula is C23H26N4O4. The fourth-order valence-electron chi connectivity index (χ4n) is 4.90. The Morgan fingerprint density at radius 2 is 1.94 bits per heavy atom. The Morgan fingerprint density at radius 3 is 2.58 bits per heavy atom. The number of imidazole rings is 1. The third-order valence-electron chi connectivity index (χ3n) is 6.39. The molecule has 31 heavy (non-hydrogen) atoms. The first kappa shape index (κ1) is 19.8. The zero-order valence-electron chi connectivity index (χ0n) is 17.6. The van der Waals surface area contributed by atoms with Crippen LogP contribution in [0.25, 0.3) is 11.0 Å². The summed E-state index contributed by atoms with van der Waals surface area (Å²) >= 11 is 0. The minimum Gasteiger partial charge on any atom is -0.497 e. The van der Waals surface area contributed by atoms with Gasteiger partial charge in [-0.2, -0.15) is 0 Å². The van der Waals surface area contributed by atoms with Gasteiger partial charge in [0.2, 0.25) is 0 Å². The largest absolute Gasteiger partial charge is 0.497 e. The summed E-state index contributed by atoms with van der Waals surface area (Å²) in [5.41, 5.74) is 1.65. The summed E-state index contributed by atoms with van der Waals surface area (Å²) in [5.74, 6) is 1.49. The van der Waals surface area contributed by atoms with Crippen molar-refractivity contribution < 1.29 is 19.3 Å². The molecule has 0 aliphatic carbocycles. The number of aromatic nitrogens is 2. The van der Waals surface area contributed by atoms with Crippen LogP contribution in [-0.2, 0) is 4.74 Å². The summed E-state index contributed by atoms with van der Waals surface area (Å²) < 4.78 is 16.8. The summed E-state index contributed by atoms with van der Waals surface area (Å²) in [7, 11) is 3.19. The quantitative estimate of drug-likeness (QED) is 0.597. The van der Waals surface area contributed by atoms with Gasteiger partial charge in [0.15, 0.2) is 0 Å². The van der Waals surface area contributed by atoms with Gasteiger partial charge in [-0.25, -0.2) is 4.98 Å². The molecule has 2 aromatic carbocycles. The number of ether oxygens (including phenoxy) is 3. The van der Waals surface area contributed by atoms with E-state index in [9.17, 15) is 5.11 Å². The van der Waals surface area contributed by atoms with E-state index in [0.29, 0.717) is 37.0 Å². The fourth-order valence-corrected chi connectivity index (χ4v) is 4.90. The number of para-hydroxylation sites is 2. The van der Waals surface area contributed by atoms with Gasteiger partial charge in [0.05, 0.1) is 49.2 Å². The second-order valence-corrected chi connectivity index (χ2v) is 8.11. The van der Waals surface area contributed by atoms with Crippen molar-refractivity contribution in [3.63, 3.8) is 0 Å². The lowest BCUT2D eigenvalue weighted by atomic mass is 9.83. The average Bonchev–Trinajstić information content (AvgIpc) is 3.30. The summed E-state index contributed by atoms with van der Waals surface area (Å²) in [6.45, 7) is 0.971. The van der Waals surface area contributed by atoms with E-state index in [1.165, 1.54) is 0 Å². The molecule has 1 aromatic heterocycles. The number of aromatic amines is 1. The highest BCUT2D eigenvalue weighted by Crippen LogP contribution is 2.48. The number of fused-ring (bicyclic) bond motifs is 1. The van der Waals surface area contributed by atoms with E-state index in [1.54, 1.807) is 20.3 Å². The number of aliphatic hydroxyl groups excluding tert-OH is 1. The average molecular weight is 422 g/mol. The second-order valence-electron chi connectivity index (χ2n) is 8.11. The van der Waals surface area contributed by atoms with Crippen LogP contribution in [0, 0.1) is 5.41 Å². The standard InChI is InChI=1S/C23H26N4O4/c1-29-15-10-14(11-16(12-15)30-2)27-21(24)19(20(28)23(27)8-5-9-31-13-23)22-25-17-6-3-4-7-18(17)26-22/h3-4,6-7,10-12,19-20,24,28H,5,8-9,13H2,1-2H3,(H,25,26). The topological polar surface area (TPSA) is 104 Å². The lowest BCUT2D eigenvalue weighted by Gasteiger charge is -2.43. The highest BCUT2D eigenvalue weighted by Gasteiger charge is 2.59. The van der Waals surface area contributed by atoms with Gasteiger partial charge in [-0.3, -0.25) is 5.41 Å². The molecule has 3 heterocycles. The molecule has 8 nitrogen and oxygen atoms in total. The van der Waals surface area contributed by atoms with Gasteiger partial charge in [0.1, 0.15) is 29.1 Å². The fraction of sp³-hybridized carbons (Fsp3) is 0.391. The molecule has 0 amide bonds. The molecule has 5 rings (SSSR count). The Labute approximate surface area is 180 Å². The van der Waals surface area contributed by atoms with Crippen molar-refractivity contribution in [1.82, 2.24) is 9.97 Å². The second kappa shape index (κ2) is 7.55. The van der Waals surface area contributed by atoms with Crippen LogP contribution < -0.4 is 14.4 Å². The van der Waals surface area contributed by atoms with Crippen LogP contribution in [0.4, 0.5) is 5.69 Å². The Bertz CT molecular complexity index is 1070. The Kier molecular flexibility index (Phi) is 4.83. The van der Waals surface area contributed by atoms with Crippen molar-refractivity contribution in [2.75, 3.05) is 32.3 Å². The highest BCUT2D eigenvalue weighted by molar-refractivity contribution is 6.05. The maximum Gasteiger partial charge on any atom is 0.124 e. The van der Waals surface area contributed by atoms with E-state index in [0.717, 1.165) is 23.1 Å². The summed E-state index contributed by atoms with van der Waals surface area (Å²) in [5, 5.41) is 20.7. The van der Waals surface area contributed by atoms with Crippen LogP contribution in [0.15, 0.2) is 42.5 Å². The number of benzene rings is 2. The number of anilines is 1. The maximum atomic E-state index is 11.6. The number of methoxy groups -OCH3 is 2. The summed E-state index contributed by atoms with van der Waals surface area (Å²) in [4.78, 5) is 9.89. The van der Waals surface area contributed by atoms with Crippen molar-refractivity contribution >= 4 is 22.6 Å². The zero-order valence-corrected chi connectivity index (χ0v) is 17.6. The van der Waals surface area contributed by atoms with Gasteiger partial charge in [-0.15, -0.1) is 0 Å². The molecule has 8 heteroatoms. The van der Waals surface area contributed by atoms with Crippen LogP contribution in [-0.4, -0.2) is 60.0 Å². The Morgan fingerprint density at radius 1 is 1.19 bits per heavy atom. The minimum atomic E-state index is -0.863. The third-order valence-corrected chi connectivity index (χ3v) is 6.39. The number of nitrogens with zero attached hydrogens (tertiary/aromatic N) is 2. The first-order valence-corrected chi connectivity index (χ1v) is 10.4. The molecule has 0 radical (unpaired) electrons. The lowest BCUT2D eigenvalue weighted by Crippen LogP contribution is -2.57. The van der Waals surface area contributed by atoms with Crippen LogP contribution in [0.2, 0.25) is 0 Å². The normalized spacial score (nSPS) is 26.0. The number of amidine groups is 1. The van der Waals surface area contributed by atoms with Crippen molar-refractivity contribution in [3.05, 3.63) is 48.3 Å². The molecular weight excluding hydrogens is 396 g/mol.